The maximum atomic E-state index is 11.4. The summed E-state index contributed by atoms with van der Waals surface area (Å²) in [5, 5.41) is 9.98. The van der Waals surface area contributed by atoms with E-state index < -0.39 is 0 Å². The molecule has 0 fully saturated rings. The number of hydrazone groups is 1. The van der Waals surface area contributed by atoms with Crippen LogP contribution in [0.2, 0.25) is 0 Å². The Bertz CT molecular complexity index is 605. The summed E-state index contributed by atoms with van der Waals surface area (Å²) < 4.78 is 10.7. The van der Waals surface area contributed by atoms with E-state index in [-0.39, 0.29) is 12.5 Å². The number of nitrogens with zero attached hydrogens (tertiary/aromatic N) is 1. The third kappa shape index (κ3) is 7.10. The van der Waals surface area contributed by atoms with Crippen molar-refractivity contribution in [2.45, 2.75) is 6.92 Å². The van der Waals surface area contributed by atoms with E-state index >= 15 is 0 Å². The molecule has 1 rings (SSSR count). The molecule has 0 spiro atoms. The molecule has 130 valence electrons. The van der Waals surface area contributed by atoms with Gasteiger partial charge in [-0.1, -0.05) is 6.08 Å². The molecule has 8 heteroatoms. The van der Waals surface area contributed by atoms with Gasteiger partial charge in [0, 0.05) is 13.1 Å². The fourth-order valence-corrected chi connectivity index (χ4v) is 1.78. The Hall–Kier alpha value is -2.61. The Morgan fingerprint density at radius 1 is 1.38 bits per heavy atom. The molecule has 3 N–H and O–H groups in total. The Labute approximate surface area is 147 Å². The lowest BCUT2D eigenvalue weighted by molar-refractivity contribution is -0.123. The minimum atomic E-state index is -0.185. The second kappa shape index (κ2) is 11.0. The van der Waals surface area contributed by atoms with Crippen molar-refractivity contribution in [3.8, 4) is 11.5 Å². The van der Waals surface area contributed by atoms with Gasteiger partial charge >= 0.3 is 0 Å². The average molecular weight is 350 g/mol. The standard InChI is InChI=1S/C16H22N4O3S/c1-4-8-18-16(24)20-19-10-12-6-7-13(14(9-12)22-3)23-11-15(21)17-5-2/h4,6-7,9-10H,1,5,8,11H2,2-3H3,(H,17,21)(H2,18,20,24)/b19-10-. The maximum Gasteiger partial charge on any atom is 0.257 e. The first-order chi connectivity index (χ1) is 11.6. The van der Waals surface area contributed by atoms with Crippen molar-refractivity contribution >= 4 is 29.5 Å². The van der Waals surface area contributed by atoms with Crippen LogP contribution in [0, 0.1) is 0 Å². The molecule has 1 aromatic carbocycles. The predicted molar refractivity (Wildman–Crippen MR) is 98.7 cm³/mol. The first-order valence-corrected chi connectivity index (χ1v) is 7.76. The van der Waals surface area contributed by atoms with Crippen LogP contribution >= 0.6 is 12.2 Å². The lowest BCUT2D eigenvalue weighted by Gasteiger charge is -2.11. The van der Waals surface area contributed by atoms with Gasteiger partial charge in [0.1, 0.15) is 0 Å². The first-order valence-electron chi connectivity index (χ1n) is 7.36. The minimum absolute atomic E-state index is 0.0670. The molecule has 0 atom stereocenters. The molecule has 24 heavy (non-hydrogen) atoms. The van der Waals surface area contributed by atoms with E-state index in [9.17, 15) is 4.79 Å². The van der Waals surface area contributed by atoms with Gasteiger partial charge in [-0.05, 0) is 42.9 Å². The molecule has 0 heterocycles. The predicted octanol–water partition coefficient (Wildman–Crippen LogP) is 1.19. The molecule has 0 aliphatic heterocycles. The number of nitrogens with one attached hydrogen (secondary N) is 3. The number of ether oxygens (including phenoxy) is 2. The Morgan fingerprint density at radius 3 is 2.83 bits per heavy atom. The summed E-state index contributed by atoms with van der Waals surface area (Å²) in [5.74, 6) is 0.808. The fraction of sp³-hybridized carbons (Fsp3) is 0.312. The second-order valence-corrected chi connectivity index (χ2v) is 4.93. The molecule has 1 amide bonds. The molecule has 0 bridgehead atoms. The quantitative estimate of drug-likeness (QED) is 0.269. The molecule has 0 aliphatic rings. The van der Waals surface area contributed by atoms with E-state index in [1.54, 1.807) is 30.5 Å². The van der Waals surface area contributed by atoms with Gasteiger partial charge in [0.25, 0.3) is 5.91 Å². The van der Waals surface area contributed by atoms with E-state index in [2.05, 4.69) is 27.7 Å². The highest BCUT2D eigenvalue weighted by atomic mass is 32.1. The van der Waals surface area contributed by atoms with Crippen LogP contribution in [0.1, 0.15) is 12.5 Å². The molecular weight excluding hydrogens is 328 g/mol. The summed E-state index contributed by atoms with van der Waals surface area (Å²) in [6.07, 6.45) is 3.29. The van der Waals surface area contributed by atoms with Crippen LogP contribution < -0.4 is 25.5 Å². The van der Waals surface area contributed by atoms with E-state index in [0.717, 1.165) is 5.56 Å². The summed E-state index contributed by atoms with van der Waals surface area (Å²) in [6.45, 7) is 6.49. The first kappa shape index (κ1) is 19.4. The minimum Gasteiger partial charge on any atom is -0.493 e. The monoisotopic (exact) mass is 350 g/mol. The molecule has 0 saturated carbocycles. The van der Waals surface area contributed by atoms with Gasteiger partial charge in [-0.15, -0.1) is 6.58 Å². The van der Waals surface area contributed by atoms with Crippen molar-refractivity contribution in [2.24, 2.45) is 5.10 Å². The van der Waals surface area contributed by atoms with Gasteiger partial charge in [0.2, 0.25) is 0 Å². The van der Waals surface area contributed by atoms with Crippen LogP contribution in [-0.2, 0) is 4.79 Å². The van der Waals surface area contributed by atoms with Crippen LogP contribution in [0.25, 0.3) is 0 Å². The fourth-order valence-electron chi connectivity index (χ4n) is 1.65. The Morgan fingerprint density at radius 2 is 2.17 bits per heavy atom. The second-order valence-electron chi connectivity index (χ2n) is 4.52. The Kier molecular flexibility index (Phi) is 8.91. The Balaban J connectivity index is 2.63. The molecule has 0 unspecified atom stereocenters. The topological polar surface area (TPSA) is 84.0 Å². The van der Waals surface area contributed by atoms with Gasteiger partial charge in [-0.25, -0.2) is 0 Å². The summed E-state index contributed by atoms with van der Waals surface area (Å²) in [6, 6.07) is 5.26. The number of amides is 1. The van der Waals surface area contributed by atoms with Gasteiger partial charge in [0.05, 0.1) is 13.3 Å². The maximum absolute atomic E-state index is 11.4. The molecule has 0 radical (unpaired) electrons. The van der Waals surface area contributed by atoms with Crippen molar-refractivity contribution in [3.63, 3.8) is 0 Å². The largest absolute Gasteiger partial charge is 0.493 e. The van der Waals surface area contributed by atoms with Crippen molar-refractivity contribution in [3.05, 3.63) is 36.4 Å². The molecule has 7 nitrogen and oxygen atoms in total. The molecular formula is C16H22N4O3S. The number of carbonyl (C=O) groups excluding carboxylic acids is 1. The zero-order valence-electron chi connectivity index (χ0n) is 13.8. The molecule has 0 aliphatic carbocycles. The van der Waals surface area contributed by atoms with Crippen LogP contribution in [-0.4, -0.2) is 44.0 Å². The summed E-state index contributed by atoms with van der Waals surface area (Å²) in [7, 11) is 1.53. The lowest BCUT2D eigenvalue weighted by Crippen LogP contribution is -2.31. The zero-order chi connectivity index (χ0) is 17.8. The van der Waals surface area contributed by atoms with E-state index in [0.29, 0.717) is 29.7 Å². The molecule has 0 saturated heterocycles. The highest BCUT2D eigenvalue weighted by molar-refractivity contribution is 7.80. The third-order valence-electron chi connectivity index (χ3n) is 2.71. The number of thiocarbonyl (C=S) groups is 1. The van der Waals surface area contributed by atoms with Crippen molar-refractivity contribution in [2.75, 3.05) is 26.8 Å². The van der Waals surface area contributed by atoms with Gasteiger partial charge in [0.15, 0.2) is 23.2 Å². The molecule has 1 aromatic rings. The summed E-state index contributed by atoms with van der Waals surface area (Å²) in [5.41, 5.74) is 3.48. The van der Waals surface area contributed by atoms with Crippen LogP contribution in [0.4, 0.5) is 0 Å². The van der Waals surface area contributed by atoms with Gasteiger partial charge in [-0.2, -0.15) is 5.10 Å². The summed E-state index contributed by atoms with van der Waals surface area (Å²) in [4.78, 5) is 11.4. The van der Waals surface area contributed by atoms with Crippen molar-refractivity contribution < 1.29 is 14.3 Å². The number of carbonyl (C=O) groups is 1. The average Bonchev–Trinajstić information content (AvgIpc) is 2.58. The van der Waals surface area contributed by atoms with Crippen LogP contribution in [0.5, 0.6) is 11.5 Å². The van der Waals surface area contributed by atoms with E-state index in [4.69, 9.17) is 21.7 Å². The van der Waals surface area contributed by atoms with Gasteiger partial charge in [-0.3, -0.25) is 10.2 Å². The van der Waals surface area contributed by atoms with Gasteiger partial charge < -0.3 is 20.1 Å². The SMILES string of the molecule is C=CCNC(=S)N/N=C\c1ccc(OCC(=O)NCC)c(OC)c1. The van der Waals surface area contributed by atoms with Crippen molar-refractivity contribution in [1.82, 2.24) is 16.1 Å². The summed E-state index contributed by atoms with van der Waals surface area (Å²) >= 11 is 5.02. The van der Waals surface area contributed by atoms with Crippen LogP contribution in [0.3, 0.4) is 0 Å². The van der Waals surface area contributed by atoms with E-state index in [1.165, 1.54) is 7.11 Å². The van der Waals surface area contributed by atoms with Crippen molar-refractivity contribution in [1.29, 1.82) is 0 Å². The lowest BCUT2D eigenvalue weighted by atomic mass is 10.2. The number of hydrogen-bond donors (Lipinski definition) is 3. The number of benzene rings is 1. The van der Waals surface area contributed by atoms with Crippen LogP contribution in [0.15, 0.2) is 36.0 Å². The number of methoxy groups -OCH3 is 1. The van der Waals surface area contributed by atoms with E-state index in [1.807, 2.05) is 6.92 Å². The highest BCUT2D eigenvalue weighted by Crippen LogP contribution is 2.27. The number of hydrogen-bond acceptors (Lipinski definition) is 5. The zero-order valence-corrected chi connectivity index (χ0v) is 14.6. The molecule has 0 aromatic heterocycles. The smallest absolute Gasteiger partial charge is 0.257 e. The number of rotatable bonds is 9. The normalized spacial score (nSPS) is 10.1. The number of likely N-dealkylation sites (N-methyl/N-ethyl adjacent to an activating group) is 1. The highest BCUT2D eigenvalue weighted by Gasteiger charge is 2.07. The third-order valence-corrected chi connectivity index (χ3v) is 2.94.